The van der Waals surface area contributed by atoms with Gasteiger partial charge in [0.1, 0.15) is 4.21 Å². The second-order valence-corrected chi connectivity index (χ2v) is 10.2. The first-order valence-electron chi connectivity index (χ1n) is 8.76. The van der Waals surface area contributed by atoms with Crippen LogP contribution >= 0.6 is 27.3 Å². The molecule has 1 aromatic carbocycles. The maximum atomic E-state index is 12.3. The molecular formula is C18H22BrN3O3S2. The molecule has 0 radical (unpaired) electrons. The molecule has 9 heteroatoms. The number of hydrogen-bond acceptors (Lipinski definition) is 5. The Morgan fingerprint density at radius 1 is 1.19 bits per heavy atom. The minimum absolute atomic E-state index is 0.0255. The van der Waals surface area contributed by atoms with Crippen LogP contribution in [0.5, 0.6) is 0 Å². The van der Waals surface area contributed by atoms with Crippen LogP contribution in [0, 0.1) is 0 Å². The number of amides is 1. The van der Waals surface area contributed by atoms with E-state index in [4.69, 9.17) is 0 Å². The lowest BCUT2D eigenvalue weighted by atomic mass is 10.1. The van der Waals surface area contributed by atoms with Crippen molar-refractivity contribution in [3.63, 3.8) is 0 Å². The number of carbonyl (C=O) groups excluding carboxylic acids is 1. The molecule has 3 rings (SSSR count). The van der Waals surface area contributed by atoms with Gasteiger partial charge in [-0.25, -0.2) is 13.1 Å². The highest BCUT2D eigenvalue weighted by atomic mass is 79.9. The molecule has 2 aromatic rings. The van der Waals surface area contributed by atoms with Crippen molar-refractivity contribution >= 4 is 48.9 Å². The van der Waals surface area contributed by atoms with Crippen LogP contribution in [-0.4, -0.2) is 44.9 Å². The van der Waals surface area contributed by atoms with E-state index in [9.17, 15) is 13.2 Å². The zero-order valence-corrected chi connectivity index (χ0v) is 17.9. The van der Waals surface area contributed by atoms with Crippen molar-refractivity contribution in [2.24, 2.45) is 0 Å². The normalized spacial score (nSPS) is 16.3. The van der Waals surface area contributed by atoms with E-state index in [1.807, 2.05) is 24.3 Å². The molecule has 1 aliphatic rings. The average Bonchev–Trinajstić information content (AvgIpc) is 3.19. The maximum absolute atomic E-state index is 12.3. The zero-order valence-electron chi connectivity index (χ0n) is 14.7. The van der Waals surface area contributed by atoms with Gasteiger partial charge in [-0.05, 0) is 65.4 Å². The number of anilines is 1. The Kier molecular flexibility index (Phi) is 7.04. The lowest BCUT2D eigenvalue weighted by Gasteiger charge is -2.31. The predicted molar refractivity (Wildman–Crippen MR) is 111 cm³/mol. The van der Waals surface area contributed by atoms with Crippen molar-refractivity contribution in [2.75, 3.05) is 25.0 Å². The molecule has 1 aromatic heterocycles. The van der Waals surface area contributed by atoms with Crippen LogP contribution in [0.25, 0.3) is 0 Å². The topological polar surface area (TPSA) is 78.5 Å². The second-order valence-electron chi connectivity index (χ2n) is 6.45. The highest BCUT2D eigenvalue weighted by Crippen LogP contribution is 2.22. The molecule has 0 spiro atoms. The van der Waals surface area contributed by atoms with Gasteiger partial charge < -0.3 is 10.2 Å². The predicted octanol–water partition coefficient (Wildman–Crippen LogP) is 3.28. The SMILES string of the molecule is O=C(CCN1CCC(NS(=O)(=O)c2cccs2)CC1)Nc1ccccc1Br. The van der Waals surface area contributed by atoms with Gasteiger partial charge in [0.05, 0.1) is 5.69 Å². The minimum Gasteiger partial charge on any atom is -0.325 e. The Labute approximate surface area is 172 Å². The molecule has 1 fully saturated rings. The van der Waals surface area contributed by atoms with Gasteiger partial charge >= 0.3 is 0 Å². The molecule has 1 aliphatic heterocycles. The van der Waals surface area contributed by atoms with Crippen LogP contribution in [-0.2, 0) is 14.8 Å². The third-order valence-electron chi connectivity index (χ3n) is 4.47. The van der Waals surface area contributed by atoms with E-state index in [0.29, 0.717) is 17.2 Å². The van der Waals surface area contributed by atoms with Gasteiger partial charge in [0, 0.05) is 23.5 Å². The number of likely N-dealkylation sites (tertiary alicyclic amines) is 1. The fourth-order valence-corrected chi connectivity index (χ4v) is 5.70. The number of benzene rings is 1. The summed E-state index contributed by atoms with van der Waals surface area (Å²) in [6.45, 7) is 2.22. The third-order valence-corrected chi connectivity index (χ3v) is 8.08. The van der Waals surface area contributed by atoms with Crippen molar-refractivity contribution < 1.29 is 13.2 Å². The number of para-hydroxylation sites is 1. The van der Waals surface area contributed by atoms with Crippen LogP contribution in [0.15, 0.2) is 50.5 Å². The van der Waals surface area contributed by atoms with Gasteiger partial charge in [-0.1, -0.05) is 18.2 Å². The molecule has 0 atom stereocenters. The van der Waals surface area contributed by atoms with Gasteiger partial charge in [-0.2, -0.15) is 0 Å². The lowest BCUT2D eigenvalue weighted by molar-refractivity contribution is -0.116. The first kappa shape index (κ1) is 20.5. The Balaban J connectivity index is 1.41. The highest BCUT2D eigenvalue weighted by molar-refractivity contribution is 9.10. The molecule has 0 unspecified atom stereocenters. The Morgan fingerprint density at radius 2 is 1.93 bits per heavy atom. The third kappa shape index (κ3) is 5.86. The smallest absolute Gasteiger partial charge is 0.250 e. The molecular weight excluding hydrogens is 450 g/mol. The molecule has 1 amide bonds. The van der Waals surface area contributed by atoms with Crippen molar-refractivity contribution in [1.82, 2.24) is 9.62 Å². The van der Waals surface area contributed by atoms with Gasteiger partial charge in [0.25, 0.3) is 0 Å². The summed E-state index contributed by atoms with van der Waals surface area (Å²) < 4.78 is 28.6. The number of thiophene rings is 1. The molecule has 1 saturated heterocycles. The second kappa shape index (κ2) is 9.29. The standard InChI is InChI=1S/C18H22BrN3O3S2/c19-15-4-1-2-5-16(15)20-17(23)9-12-22-10-7-14(8-11-22)21-27(24,25)18-6-3-13-26-18/h1-6,13-14,21H,7-12H2,(H,20,23). The van der Waals surface area contributed by atoms with E-state index in [0.717, 1.165) is 36.1 Å². The number of nitrogens with one attached hydrogen (secondary N) is 2. The van der Waals surface area contributed by atoms with E-state index in [2.05, 4.69) is 30.9 Å². The van der Waals surface area contributed by atoms with Gasteiger partial charge in [-0.3, -0.25) is 4.79 Å². The summed E-state index contributed by atoms with van der Waals surface area (Å²) in [5.74, 6) is -0.0255. The average molecular weight is 472 g/mol. The van der Waals surface area contributed by atoms with E-state index >= 15 is 0 Å². The number of sulfonamides is 1. The van der Waals surface area contributed by atoms with Crippen LogP contribution < -0.4 is 10.0 Å². The summed E-state index contributed by atoms with van der Waals surface area (Å²) in [4.78, 5) is 14.3. The van der Waals surface area contributed by atoms with Gasteiger partial charge in [0.2, 0.25) is 15.9 Å². The largest absolute Gasteiger partial charge is 0.325 e. The number of hydrogen-bond donors (Lipinski definition) is 2. The summed E-state index contributed by atoms with van der Waals surface area (Å²) in [6.07, 6.45) is 1.90. The van der Waals surface area contributed by atoms with Crippen LogP contribution in [0.2, 0.25) is 0 Å². The monoisotopic (exact) mass is 471 g/mol. The Bertz CT molecular complexity index is 864. The summed E-state index contributed by atoms with van der Waals surface area (Å²) >= 11 is 4.64. The van der Waals surface area contributed by atoms with E-state index in [-0.39, 0.29) is 11.9 Å². The van der Waals surface area contributed by atoms with Crippen LogP contribution in [0.1, 0.15) is 19.3 Å². The van der Waals surface area contributed by atoms with Crippen molar-refractivity contribution in [2.45, 2.75) is 29.5 Å². The number of carbonyl (C=O) groups is 1. The highest BCUT2D eigenvalue weighted by Gasteiger charge is 2.25. The molecule has 0 bridgehead atoms. The zero-order chi connectivity index (χ0) is 19.3. The first-order valence-corrected chi connectivity index (χ1v) is 11.9. The van der Waals surface area contributed by atoms with Crippen LogP contribution in [0.3, 0.4) is 0 Å². The summed E-state index contributed by atoms with van der Waals surface area (Å²) in [5, 5.41) is 4.66. The van der Waals surface area contributed by atoms with E-state index in [1.54, 1.807) is 17.5 Å². The molecule has 6 nitrogen and oxygen atoms in total. The number of rotatable bonds is 7. The van der Waals surface area contributed by atoms with Crippen molar-refractivity contribution in [3.8, 4) is 0 Å². The molecule has 146 valence electrons. The van der Waals surface area contributed by atoms with Crippen LogP contribution in [0.4, 0.5) is 5.69 Å². The lowest BCUT2D eigenvalue weighted by Crippen LogP contribution is -2.45. The maximum Gasteiger partial charge on any atom is 0.250 e. The molecule has 0 saturated carbocycles. The number of piperidine rings is 1. The summed E-state index contributed by atoms with van der Waals surface area (Å²) in [7, 11) is -3.42. The summed E-state index contributed by atoms with van der Waals surface area (Å²) in [6, 6.07) is 10.8. The van der Waals surface area contributed by atoms with E-state index in [1.165, 1.54) is 11.3 Å². The molecule has 2 N–H and O–H groups in total. The quantitative estimate of drug-likeness (QED) is 0.649. The molecule has 2 heterocycles. The fourth-order valence-electron chi connectivity index (χ4n) is 3.00. The molecule has 0 aliphatic carbocycles. The molecule has 27 heavy (non-hydrogen) atoms. The number of halogens is 1. The van der Waals surface area contributed by atoms with Gasteiger partial charge in [-0.15, -0.1) is 11.3 Å². The van der Waals surface area contributed by atoms with Gasteiger partial charge in [0.15, 0.2) is 0 Å². The summed E-state index contributed by atoms with van der Waals surface area (Å²) in [5.41, 5.74) is 0.768. The number of nitrogens with zero attached hydrogens (tertiary/aromatic N) is 1. The first-order chi connectivity index (χ1) is 12.9. The minimum atomic E-state index is -3.42. The Hall–Kier alpha value is -1.26. The fraction of sp³-hybridized carbons (Fsp3) is 0.389. The van der Waals surface area contributed by atoms with Crippen molar-refractivity contribution in [3.05, 3.63) is 46.3 Å². The van der Waals surface area contributed by atoms with E-state index < -0.39 is 10.0 Å². The van der Waals surface area contributed by atoms with Crippen molar-refractivity contribution in [1.29, 1.82) is 0 Å². The Morgan fingerprint density at radius 3 is 2.59 bits per heavy atom.